The molecule has 2 aromatic rings. The van der Waals surface area contributed by atoms with Gasteiger partial charge in [-0.2, -0.15) is 17.5 Å². The van der Waals surface area contributed by atoms with Gasteiger partial charge in [-0.05, 0) is 41.3 Å². The van der Waals surface area contributed by atoms with E-state index in [1.165, 1.54) is 4.90 Å². The predicted octanol–water partition coefficient (Wildman–Crippen LogP) is 2.48. The van der Waals surface area contributed by atoms with Crippen molar-refractivity contribution in [3.63, 3.8) is 0 Å². The molecule has 1 saturated heterocycles. The molecule has 1 heterocycles. The van der Waals surface area contributed by atoms with Crippen LogP contribution in [0.4, 0.5) is 13.2 Å². The summed E-state index contributed by atoms with van der Waals surface area (Å²) in [5, 5.41) is 10.6. The Morgan fingerprint density at radius 3 is 2.33 bits per heavy atom. The second-order valence-corrected chi connectivity index (χ2v) is 12.0. The molecule has 0 saturated carbocycles. The first kappa shape index (κ1) is 33.5. The van der Waals surface area contributed by atoms with Crippen LogP contribution >= 0.6 is 0 Å². The number of hydrogen-bond donors (Lipinski definition) is 2. The van der Waals surface area contributed by atoms with E-state index < -0.39 is 44.5 Å². The Balaban J connectivity index is 1.85. The maximum Gasteiger partial charge on any atom is 0.416 e. The zero-order valence-electron chi connectivity index (χ0n) is 23.7. The number of nitrogens with one attached hydrogen (secondary N) is 1. The third-order valence-corrected chi connectivity index (χ3v) is 8.81. The van der Waals surface area contributed by atoms with Crippen LogP contribution < -0.4 is 11.2 Å². The summed E-state index contributed by atoms with van der Waals surface area (Å²) < 4.78 is 67.2. The molecule has 0 bridgehead atoms. The number of halogens is 3. The van der Waals surface area contributed by atoms with Crippen molar-refractivity contribution in [1.82, 2.24) is 19.5 Å². The van der Waals surface area contributed by atoms with Gasteiger partial charge in [0, 0.05) is 39.1 Å². The first-order chi connectivity index (χ1) is 20.3. The Hall–Kier alpha value is -4.05. The summed E-state index contributed by atoms with van der Waals surface area (Å²) in [5.74, 6) is 4.18. The first-order valence-electron chi connectivity index (χ1n) is 13.4. The minimum Gasteiger partial charge on any atom is -0.351 e. The number of sulfonamides is 1. The van der Waals surface area contributed by atoms with Crippen molar-refractivity contribution in [2.45, 2.75) is 49.8 Å². The molecule has 43 heavy (non-hydrogen) atoms. The highest BCUT2D eigenvalue weighted by Gasteiger charge is 2.42. The van der Waals surface area contributed by atoms with Crippen LogP contribution in [0.1, 0.15) is 42.9 Å². The van der Waals surface area contributed by atoms with E-state index in [0.29, 0.717) is 24.3 Å². The van der Waals surface area contributed by atoms with E-state index in [9.17, 15) is 36.0 Å². The number of carbonyl (C=O) groups is 3. The molecule has 1 aliphatic rings. The fourth-order valence-electron chi connectivity index (χ4n) is 4.46. The number of aldehydes is 1. The van der Waals surface area contributed by atoms with Crippen molar-refractivity contribution in [3.8, 4) is 0 Å². The van der Waals surface area contributed by atoms with Gasteiger partial charge in [-0.15, -0.1) is 0 Å². The van der Waals surface area contributed by atoms with Crippen LogP contribution in [0, 0.1) is 0 Å². The van der Waals surface area contributed by atoms with Gasteiger partial charge in [-0.3, -0.25) is 14.6 Å². The van der Waals surface area contributed by atoms with Crippen LogP contribution in [0.5, 0.6) is 0 Å². The van der Waals surface area contributed by atoms with E-state index in [0.717, 1.165) is 32.6 Å². The molecule has 12 nitrogen and oxygen atoms in total. The summed E-state index contributed by atoms with van der Waals surface area (Å²) in [6.45, 7) is 3.13. The van der Waals surface area contributed by atoms with Crippen molar-refractivity contribution < 1.29 is 36.0 Å². The predicted molar refractivity (Wildman–Crippen MR) is 149 cm³/mol. The van der Waals surface area contributed by atoms with Crippen LogP contribution in [0.3, 0.4) is 0 Å². The number of carbonyl (C=O) groups excluding carboxylic acids is 3. The van der Waals surface area contributed by atoms with Gasteiger partial charge in [0.2, 0.25) is 21.8 Å². The lowest BCUT2D eigenvalue weighted by Gasteiger charge is -2.40. The number of nitrogens with zero attached hydrogens (tertiary/aromatic N) is 5. The molecule has 2 amide bonds. The lowest BCUT2D eigenvalue weighted by molar-refractivity contribution is -0.138. The molecule has 1 atom stereocenters. The average Bonchev–Trinajstić information content (AvgIpc) is 2.98. The molecule has 1 fully saturated rings. The van der Waals surface area contributed by atoms with Gasteiger partial charge >= 0.3 is 6.18 Å². The number of rotatable bonds is 12. The number of benzene rings is 2. The fraction of sp³-hybridized carbons (Fsp3) is 0.444. The molecule has 0 unspecified atom stereocenters. The fourth-order valence-corrected chi connectivity index (χ4v) is 6.03. The van der Waals surface area contributed by atoms with Crippen LogP contribution in [0.2, 0.25) is 0 Å². The van der Waals surface area contributed by atoms with E-state index in [-0.39, 0.29) is 45.7 Å². The van der Waals surface area contributed by atoms with Gasteiger partial charge in [-0.1, -0.05) is 48.6 Å². The zero-order valence-corrected chi connectivity index (χ0v) is 24.5. The highest BCUT2D eigenvalue weighted by atomic mass is 32.2. The molecular formula is C27H34F3N7O5S. The smallest absolute Gasteiger partial charge is 0.351 e. The maximum absolute atomic E-state index is 13.6. The first-order valence-corrected chi connectivity index (χ1v) is 14.8. The molecule has 0 spiro atoms. The Labute approximate surface area is 247 Å². The van der Waals surface area contributed by atoms with Gasteiger partial charge in [-0.25, -0.2) is 8.42 Å². The number of nitrogens with two attached hydrogens (primary N) is 1. The molecule has 3 rings (SSSR count). The second kappa shape index (κ2) is 14.4. The highest BCUT2D eigenvalue weighted by molar-refractivity contribution is 7.89. The molecule has 234 valence electrons. The molecular weight excluding hydrogens is 591 g/mol. The molecule has 2 aromatic carbocycles. The monoisotopic (exact) mass is 625 g/mol. The van der Waals surface area contributed by atoms with Crippen LogP contribution in [-0.2, 0) is 37.1 Å². The molecule has 1 aliphatic heterocycles. The number of piperazine rings is 1. The van der Waals surface area contributed by atoms with Crippen molar-refractivity contribution in [2.24, 2.45) is 16.3 Å². The molecule has 0 aromatic heterocycles. The van der Waals surface area contributed by atoms with Gasteiger partial charge < -0.3 is 20.9 Å². The number of amides is 2. The Morgan fingerprint density at radius 2 is 1.77 bits per heavy atom. The van der Waals surface area contributed by atoms with Crippen molar-refractivity contribution in [1.29, 1.82) is 0 Å². The SMILES string of the molecule is CC(C)c1ccc(CNC(=O)[C@H]2CN(C(=O)CN(CCC=O)/N=N\N)CCN2S(=O)(=O)c2ccc(C(F)(F)F)cc2)cc1. The summed E-state index contributed by atoms with van der Waals surface area (Å²) in [4.78, 5) is 38.1. The van der Waals surface area contributed by atoms with Crippen molar-refractivity contribution in [2.75, 3.05) is 32.7 Å². The molecule has 16 heteroatoms. The molecule has 0 radical (unpaired) electrons. The van der Waals surface area contributed by atoms with E-state index >= 15 is 0 Å². The van der Waals surface area contributed by atoms with Crippen LogP contribution in [0.15, 0.2) is 63.9 Å². The lowest BCUT2D eigenvalue weighted by Crippen LogP contribution is -2.62. The third-order valence-electron chi connectivity index (χ3n) is 6.89. The summed E-state index contributed by atoms with van der Waals surface area (Å²) in [6.07, 6.45) is -3.98. The standard InChI is InChI=1S/C27H34F3N7O5S/c1-19(2)21-6-4-20(5-7-21)16-32-26(40)24-17-35(25(39)18-36(34-33-31)12-3-15-38)13-14-37(24)43(41,42)23-10-8-22(9-11-23)27(28,29)30/h4-11,15,19,24H,3,12-14,16-18H2,1-2H3,(H2,31,34)(H,32,40)/t24-/m1/s1. The van der Waals surface area contributed by atoms with E-state index in [4.69, 9.17) is 5.84 Å². The average molecular weight is 626 g/mol. The van der Waals surface area contributed by atoms with Crippen molar-refractivity contribution in [3.05, 3.63) is 65.2 Å². The minimum absolute atomic E-state index is 0.0502. The van der Waals surface area contributed by atoms with Gasteiger partial charge in [0.15, 0.2) is 0 Å². The van der Waals surface area contributed by atoms with Crippen LogP contribution in [0.25, 0.3) is 0 Å². The van der Waals surface area contributed by atoms with Gasteiger partial charge in [0.05, 0.1) is 10.5 Å². The Kier molecular flexibility index (Phi) is 11.2. The van der Waals surface area contributed by atoms with E-state index in [1.807, 2.05) is 38.1 Å². The Bertz CT molecular complexity index is 1400. The quantitative estimate of drug-likeness (QED) is 0.159. The zero-order chi connectivity index (χ0) is 31.8. The minimum atomic E-state index is -4.66. The summed E-state index contributed by atoms with van der Waals surface area (Å²) in [7, 11) is -4.44. The summed E-state index contributed by atoms with van der Waals surface area (Å²) in [5.41, 5.74) is 0.840. The van der Waals surface area contributed by atoms with Gasteiger partial charge in [0.25, 0.3) is 0 Å². The summed E-state index contributed by atoms with van der Waals surface area (Å²) >= 11 is 0. The normalized spacial score (nSPS) is 16.4. The molecule has 3 N–H and O–H groups in total. The Morgan fingerprint density at radius 1 is 1.12 bits per heavy atom. The second-order valence-electron chi connectivity index (χ2n) is 10.2. The maximum atomic E-state index is 13.6. The number of alkyl halides is 3. The largest absolute Gasteiger partial charge is 0.416 e. The third kappa shape index (κ3) is 8.73. The van der Waals surface area contributed by atoms with E-state index in [2.05, 4.69) is 15.8 Å². The lowest BCUT2D eigenvalue weighted by atomic mass is 10.0. The van der Waals surface area contributed by atoms with Crippen molar-refractivity contribution >= 4 is 28.1 Å². The topological polar surface area (TPSA) is 158 Å². The summed E-state index contributed by atoms with van der Waals surface area (Å²) in [6, 6.07) is 9.11. The number of hydrogen-bond acceptors (Lipinski definition) is 7. The van der Waals surface area contributed by atoms with E-state index in [1.54, 1.807) is 0 Å². The van der Waals surface area contributed by atoms with Gasteiger partial charge in [0.1, 0.15) is 18.9 Å². The highest BCUT2D eigenvalue weighted by Crippen LogP contribution is 2.31. The molecule has 0 aliphatic carbocycles. The van der Waals surface area contributed by atoms with Crippen LogP contribution in [-0.4, -0.2) is 79.5 Å².